The van der Waals surface area contributed by atoms with Crippen LogP contribution < -0.4 is 0 Å². The number of hydrogen-bond acceptors (Lipinski definition) is 2. The first-order chi connectivity index (χ1) is 4.57. The third-order valence-corrected chi connectivity index (χ3v) is 1.12. The fraction of sp³-hybridized carbons (Fsp3) is 0.833. The quantitative estimate of drug-likeness (QED) is 0.654. The Hall–Kier alpha value is -0.640. The van der Waals surface area contributed by atoms with Crippen LogP contribution in [0.3, 0.4) is 0 Å². The molecule has 0 spiro atoms. The Bertz CT molecular complexity index is 116. The Balaban J connectivity index is 3.56. The Morgan fingerprint density at radius 1 is 1.80 bits per heavy atom. The van der Waals surface area contributed by atoms with Crippen molar-refractivity contribution in [1.82, 2.24) is 0 Å². The molecule has 60 valence electrons. The maximum absolute atomic E-state index is 12.1. The zero-order chi connectivity index (χ0) is 8.15. The number of alkyl halides is 1. The van der Waals surface area contributed by atoms with Gasteiger partial charge in [0.2, 0.25) is 0 Å². The van der Waals surface area contributed by atoms with Crippen LogP contribution in [-0.2, 0) is 9.53 Å². The number of rotatable bonds is 4. The van der Waals surface area contributed by atoms with E-state index in [9.17, 15) is 9.18 Å². The number of carboxylic acid groups (broad SMARTS) is 1. The summed E-state index contributed by atoms with van der Waals surface area (Å²) in [6.45, 7) is 3.41. The Kier molecular flexibility index (Phi) is 3.95. The van der Waals surface area contributed by atoms with Gasteiger partial charge in [0.25, 0.3) is 6.36 Å². The van der Waals surface area contributed by atoms with E-state index in [1.54, 1.807) is 13.8 Å². The van der Waals surface area contributed by atoms with E-state index in [-0.39, 0.29) is 6.10 Å². The van der Waals surface area contributed by atoms with Crippen molar-refractivity contribution in [1.29, 1.82) is 0 Å². The second kappa shape index (κ2) is 4.22. The van der Waals surface area contributed by atoms with Gasteiger partial charge in [-0.3, -0.25) is 0 Å². The Morgan fingerprint density at radius 3 is 2.60 bits per heavy atom. The van der Waals surface area contributed by atoms with Crippen molar-refractivity contribution < 1.29 is 19.0 Å². The van der Waals surface area contributed by atoms with Crippen LogP contribution in [0.2, 0.25) is 0 Å². The number of carbonyl (C=O) groups is 1. The van der Waals surface area contributed by atoms with Crippen LogP contribution in [0, 0.1) is 0 Å². The predicted molar refractivity (Wildman–Crippen MR) is 33.4 cm³/mol. The molecular formula is C6H11FO3. The highest BCUT2D eigenvalue weighted by Crippen LogP contribution is 2.02. The molecule has 0 saturated heterocycles. The Morgan fingerprint density at radius 2 is 2.30 bits per heavy atom. The van der Waals surface area contributed by atoms with Crippen molar-refractivity contribution in [2.24, 2.45) is 0 Å². The van der Waals surface area contributed by atoms with Crippen molar-refractivity contribution in [3.05, 3.63) is 0 Å². The zero-order valence-corrected chi connectivity index (χ0v) is 6.00. The molecule has 0 aromatic heterocycles. The molecule has 0 amide bonds. The van der Waals surface area contributed by atoms with Gasteiger partial charge in [-0.2, -0.15) is 0 Å². The number of carboxylic acids is 1. The van der Waals surface area contributed by atoms with Crippen LogP contribution in [0.5, 0.6) is 0 Å². The van der Waals surface area contributed by atoms with Gasteiger partial charge in [0.05, 0.1) is 6.10 Å². The van der Waals surface area contributed by atoms with Gasteiger partial charge in [0.1, 0.15) is 0 Å². The molecule has 0 rings (SSSR count). The molecule has 0 aliphatic carbocycles. The normalized spacial score (nSPS) is 16.3. The van der Waals surface area contributed by atoms with Crippen LogP contribution in [0.1, 0.15) is 20.3 Å². The summed E-state index contributed by atoms with van der Waals surface area (Å²) in [7, 11) is 0. The van der Waals surface area contributed by atoms with Gasteiger partial charge in [0, 0.05) is 0 Å². The SMILES string of the molecule is CCC(C)OC(F)C(=O)O. The van der Waals surface area contributed by atoms with Gasteiger partial charge >= 0.3 is 5.97 Å². The molecule has 1 N–H and O–H groups in total. The second-order valence-electron chi connectivity index (χ2n) is 2.01. The molecule has 10 heavy (non-hydrogen) atoms. The van der Waals surface area contributed by atoms with Crippen molar-refractivity contribution in [3.8, 4) is 0 Å². The molecule has 0 radical (unpaired) electrons. The summed E-state index contributed by atoms with van der Waals surface area (Å²) in [5.41, 5.74) is 0. The molecule has 0 aliphatic rings. The molecule has 0 aromatic rings. The lowest BCUT2D eigenvalue weighted by molar-refractivity contribution is -0.169. The van der Waals surface area contributed by atoms with E-state index in [4.69, 9.17) is 5.11 Å². The average molecular weight is 150 g/mol. The molecule has 2 unspecified atom stereocenters. The van der Waals surface area contributed by atoms with Gasteiger partial charge in [-0.1, -0.05) is 6.92 Å². The Labute approximate surface area is 58.8 Å². The molecule has 2 atom stereocenters. The summed E-state index contributed by atoms with van der Waals surface area (Å²) in [4.78, 5) is 9.85. The lowest BCUT2D eigenvalue weighted by Crippen LogP contribution is -2.23. The van der Waals surface area contributed by atoms with Crippen molar-refractivity contribution in [2.75, 3.05) is 0 Å². The van der Waals surface area contributed by atoms with E-state index in [1.165, 1.54) is 0 Å². The van der Waals surface area contributed by atoms with E-state index in [0.717, 1.165) is 0 Å². The maximum atomic E-state index is 12.1. The molecule has 0 fully saturated rings. The lowest BCUT2D eigenvalue weighted by Gasteiger charge is -2.10. The fourth-order valence-corrected chi connectivity index (χ4v) is 0.358. The number of aliphatic carboxylic acids is 1. The molecule has 0 bridgehead atoms. The average Bonchev–Trinajstić information content (AvgIpc) is 1.87. The van der Waals surface area contributed by atoms with Crippen LogP contribution in [0.15, 0.2) is 0 Å². The van der Waals surface area contributed by atoms with Gasteiger partial charge in [-0.25, -0.2) is 9.18 Å². The monoisotopic (exact) mass is 150 g/mol. The molecule has 0 aromatic carbocycles. The van der Waals surface area contributed by atoms with E-state index in [1.807, 2.05) is 0 Å². The van der Waals surface area contributed by atoms with Crippen molar-refractivity contribution >= 4 is 5.97 Å². The topological polar surface area (TPSA) is 46.5 Å². The number of halogens is 1. The van der Waals surface area contributed by atoms with E-state index >= 15 is 0 Å². The molecule has 0 saturated carbocycles. The van der Waals surface area contributed by atoms with E-state index < -0.39 is 12.3 Å². The highest BCUT2D eigenvalue weighted by atomic mass is 19.1. The van der Waals surface area contributed by atoms with Gasteiger partial charge < -0.3 is 9.84 Å². The largest absolute Gasteiger partial charge is 0.477 e. The lowest BCUT2D eigenvalue weighted by atomic mass is 10.3. The van der Waals surface area contributed by atoms with Crippen molar-refractivity contribution in [3.63, 3.8) is 0 Å². The van der Waals surface area contributed by atoms with Crippen LogP contribution in [0.25, 0.3) is 0 Å². The highest BCUT2D eigenvalue weighted by molar-refractivity contribution is 5.70. The first-order valence-electron chi connectivity index (χ1n) is 3.10. The summed E-state index contributed by atoms with van der Waals surface area (Å²) in [6, 6.07) is 0. The summed E-state index contributed by atoms with van der Waals surface area (Å²) in [6.07, 6.45) is -1.92. The first kappa shape index (κ1) is 9.36. The predicted octanol–water partition coefficient (Wildman–Crippen LogP) is 1.18. The molecular weight excluding hydrogens is 139 g/mol. The van der Waals surface area contributed by atoms with Gasteiger partial charge in [0.15, 0.2) is 0 Å². The van der Waals surface area contributed by atoms with Crippen molar-refractivity contribution in [2.45, 2.75) is 32.7 Å². The minimum Gasteiger partial charge on any atom is -0.477 e. The summed E-state index contributed by atoms with van der Waals surface area (Å²) >= 11 is 0. The van der Waals surface area contributed by atoms with Gasteiger partial charge in [-0.05, 0) is 13.3 Å². The van der Waals surface area contributed by atoms with Crippen LogP contribution >= 0.6 is 0 Å². The summed E-state index contributed by atoms with van der Waals surface area (Å²) in [5, 5.41) is 8.03. The van der Waals surface area contributed by atoms with E-state index in [2.05, 4.69) is 4.74 Å². The molecule has 0 aliphatic heterocycles. The number of ether oxygens (including phenoxy) is 1. The van der Waals surface area contributed by atoms with Gasteiger partial charge in [-0.15, -0.1) is 0 Å². The summed E-state index contributed by atoms with van der Waals surface area (Å²) < 4.78 is 16.5. The number of hydrogen-bond donors (Lipinski definition) is 1. The molecule has 0 heterocycles. The second-order valence-corrected chi connectivity index (χ2v) is 2.01. The van der Waals surface area contributed by atoms with Crippen LogP contribution in [0.4, 0.5) is 4.39 Å². The molecule has 4 heteroatoms. The maximum Gasteiger partial charge on any atom is 0.366 e. The standard InChI is InChI=1S/C6H11FO3/c1-3-4(2)10-5(7)6(8)9/h4-5H,3H2,1-2H3,(H,8,9). The zero-order valence-electron chi connectivity index (χ0n) is 6.00. The fourth-order valence-electron chi connectivity index (χ4n) is 0.358. The smallest absolute Gasteiger partial charge is 0.366 e. The third-order valence-electron chi connectivity index (χ3n) is 1.12. The summed E-state index contributed by atoms with van der Waals surface area (Å²) in [5.74, 6) is -1.57. The third kappa shape index (κ3) is 3.40. The molecule has 3 nitrogen and oxygen atoms in total. The van der Waals surface area contributed by atoms with E-state index in [0.29, 0.717) is 6.42 Å². The highest BCUT2D eigenvalue weighted by Gasteiger charge is 2.17. The minimum absolute atomic E-state index is 0.342. The first-order valence-corrected chi connectivity index (χ1v) is 3.10. The minimum atomic E-state index is -2.19. The van der Waals surface area contributed by atoms with Crippen LogP contribution in [-0.4, -0.2) is 23.5 Å².